The van der Waals surface area contributed by atoms with Gasteiger partial charge in [0.1, 0.15) is 0 Å². The van der Waals surface area contributed by atoms with Gasteiger partial charge in [0.25, 0.3) is 0 Å². The summed E-state index contributed by atoms with van der Waals surface area (Å²) in [6.07, 6.45) is -0.162. The second-order valence-electron chi connectivity index (χ2n) is 4.63. The van der Waals surface area contributed by atoms with E-state index in [1.165, 1.54) is 4.68 Å². The van der Waals surface area contributed by atoms with Gasteiger partial charge in [0.15, 0.2) is 5.82 Å². The summed E-state index contributed by atoms with van der Waals surface area (Å²) in [5, 5.41) is 9.30. The third-order valence-corrected chi connectivity index (χ3v) is 4.00. The van der Waals surface area contributed by atoms with Crippen LogP contribution in [0.25, 0.3) is 11.4 Å². The summed E-state index contributed by atoms with van der Waals surface area (Å²) in [5.41, 5.74) is 0.570. The van der Waals surface area contributed by atoms with Gasteiger partial charge in [-0.25, -0.2) is 4.68 Å². The molecule has 0 aliphatic carbocycles. The molecular formula is C13H14Cl2N4O2S. The Balaban J connectivity index is 2.16. The molecule has 0 saturated carbocycles. The van der Waals surface area contributed by atoms with Crippen molar-refractivity contribution in [2.75, 3.05) is 11.6 Å². The lowest BCUT2D eigenvalue weighted by Gasteiger charge is -2.07. The van der Waals surface area contributed by atoms with E-state index in [9.17, 15) is 4.79 Å². The van der Waals surface area contributed by atoms with Crippen molar-refractivity contribution in [1.29, 1.82) is 0 Å². The zero-order chi connectivity index (χ0) is 16.3. The van der Waals surface area contributed by atoms with E-state index in [-0.39, 0.29) is 17.8 Å². The molecule has 118 valence electrons. The Bertz CT molecular complexity index is 691. The summed E-state index contributed by atoms with van der Waals surface area (Å²) in [5.74, 6) is 6.08. The molecule has 2 aromatic rings. The zero-order valence-electron chi connectivity index (χ0n) is 11.9. The van der Waals surface area contributed by atoms with E-state index in [0.29, 0.717) is 26.6 Å². The van der Waals surface area contributed by atoms with E-state index in [1.807, 2.05) is 0 Å². The van der Waals surface area contributed by atoms with Crippen LogP contribution in [0.15, 0.2) is 23.4 Å². The maximum atomic E-state index is 11.5. The first kappa shape index (κ1) is 16.9. The molecule has 2 rings (SSSR count). The molecule has 0 fully saturated rings. The highest BCUT2D eigenvalue weighted by molar-refractivity contribution is 7.99. The summed E-state index contributed by atoms with van der Waals surface area (Å²) >= 11 is 13.2. The van der Waals surface area contributed by atoms with Crippen LogP contribution in [0.5, 0.6) is 0 Å². The van der Waals surface area contributed by atoms with Crippen molar-refractivity contribution in [3.05, 3.63) is 28.2 Å². The van der Waals surface area contributed by atoms with Gasteiger partial charge in [0, 0.05) is 10.6 Å². The summed E-state index contributed by atoms with van der Waals surface area (Å²) in [7, 11) is 0. The highest BCUT2D eigenvalue weighted by atomic mass is 35.5. The molecule has 0 spiro atoms. The second kappa shape index (κ2) is 7.21. The highest BCUT2D eigenvalue weighted by Crippen LogP contribution is 2.30. The van der Waals surface area contributed by atoms with Crippen LogP contribution in [0.4, 0.5) is 0 Å². The maximum Gasteiger partial charge on any atom is 0.316 e. The molecule has 0 aliphatic rings. The van der Waals surface area contributed by atoms with Crippen LogP contribution in [0.2, 0.25) is 10.0 Å². The van der Waals surface area contributed by atoms with Gasteiger partial charge in [-0.15, -0.1) is 10.2 Å². The summed E-state index contributed by atoms with van der Waals surface area (Å²) in [6, 6.07) is 4.97. The van der Waals surface area contributed by atoms with Crippen LogP contribution < -0.4 is 5.84 Å². The Morgan fingerprint density at radius 1 is 1.41 bits per heavy atom. The normalized spacial score (nSPS) is 11.0. The average Bonchev–Trinajstić information content (AvgIpc) is 2.80. The Labute approximate surface area is 141 Å². The fraction of sp³-hybridized carbons (Fsp3) is 0.308. The molecule has 0 amide bonds. The van der Waals surface area contributed by atoms with E-state index in [1.54, 1.807) is 32.0 Å². The molecule has 0 bridgehead atoms. The van der Waals surface area contributed by atoms with Crippen molar-refractivity contribution >= 4 is 40.9 Å². The molecule has 22 heavy (non-hydrogen) atoms. The minimum absolute atomic E-state index is 0.0940. The molecule has 0 aliphatic heterocycles. The monoisotopic (exact) mass is 360 g/mol. The van der Waals surface area contributed by atoms with Crippen LogP contribution in [-0.4, -0.2) is 32.7 Å². The fourth-order valence-corrected chi connectivity index (χ4v) is 2.66. The largest absolute Gasteiger partial charge is 0.462 e. The number of rotatable bonds is 5. The molecular weight excluding hydrogens is 347 g/mol. The summed E-state index contributed by atoms with van der Waals surface area (Å²) in [4.78, 5) is 11.5. The van der Waals surface area contributed by atoms with Gasteiger partial charge in [-0.1, -0.05) is 35.0 Å². The van der Waals surface area contributed by atoms with Gasteiger partial charge < -0.3 is 10.6 Å². The third kappa shape index (κ3) is 4.06. The number of hydrogen-bond donors (Lipinski definition) is 1. The second-order valence-corrected chi connectivity index (χ2v) is 6.41. The number of carbonyl (C=O) groups is 1. The van der Waals surface area contributed by atoms with Crippen molar-refractivity contribution in [2.24, 2.45) is 0 Å². The van der Waals surface area contributed by atoms with E-state index < -0.39 is 0 Å². The number of nitrogens with two attached hydrogens (primary N) is 1. The Morgan fingerprint density at radius 2 is 2.14 bits per heavy atom. The van der Waals surface area contributed by atoms with Crippen LogP contribution in [0.3, 0.4) is 0 Å². The summed E-state index contributed by atoms with van der Waals surface area (Å²) in [6.45, 7) is 3.57. The summed E-state index contributed by atoms with van der Waals surface area (Å²) < 4.78 is 6.31. The number of ether oxygens (including phenoxy) is 1. The van der Waals surface area contributed by atoms with Gasteiger partial charge in [-0.05, 0) is 32.0 Å². The van der Waals surface area contributed by atoms with Gasteiger partial charge in [-0.2, -0.15) is 0 Å². The van der Waals surface area contributed by atoms with Gasteiger partial charge in [-0.3, -0.25) is 4.79 Å². The predicted molar refractivity (Wildman–Crippen MR) is 87.6 cm³/mol. The van der Waals surface area contributed by atoms with Crippen molar-refractivity contribution in [3.8, 4) is 11.4 Å². The molecule has 1 aromatic heterocycles. The SMILES string of the molecule is CC(C)OC(=O)CSc1nnc(-c2cc(Cl)ccc2Cl)n1N. The molecule has 2 N–H and O–H groups in total. The topological polar surface area (TPSA) is 83.0 Å². The molecule has 1 heterocycles. The standard InChI is InChI=1S/C13H14Cl2N4O2S/c1-7(2)21-11(20)6-22-13-18-17-12(19(13)16)9-5-8(14)3-4-10(9)15/h3-5,7H,6,16H2,1-2H3. The third-order valence-electron chi connectivity index (χ3n) is 2.52. The minimum Gasteiger partial charge on any atom is -0.462 e. The molecule has 0 radical (unpaired) electrons. The Hall–Kier alpha value is -1.44. The number of carbonyl (C=O) groups excluding carboxylic acids is 1. The van der Waals surface area contributed by atoms with Crippen LogP contribution in [0, 0.1) is 0 Å². The van der Waals surface area contributed by atoms with Crippen molar-refractivity contribution in [2.45, 2.75) is 25.1 Å². The molecule has 6 nitrogen and oxygen atoms in total. The number of nitrogen functional groups attached to an aromatic ring is 1. The number of aromatic nitrogens is 3. The first-order chi connectivity index (χ1) is 10.4. The van der Waals surface area contributed by atoms with Crippen molar-refractivity contribution in [3.63, 3.8) is 0 Å². The highest BCUT2D eigenvalue weighted by Gasteiger charge is 2.17. The lowest BCUT2D eigenvalue weighted by Crippen LogP contribution is -2.15. The number of halogens is 2. The molecule has 1 aromatic carbocycles. The van der Waals surface area contributed by atoms with Gasteiger partial charge in [0.2, 0.25) is 5.16 Å². The first-order valence-electron chi connectivity index (χ1n) is 6.36. The minimum atomic E-state index is -0.342. The number of nitrogens with zero attached hydrogens (tertiary/aromatic N) is 3. The predicted octanol–water partition coefficient (Wildman–Crippen LogP) is 3.01. The van der Waals surface area contributed by atoms with Crippen LogP contribution >= 0.6 is 35.0 Å². The number of thioether (sulfide) groups is 1. The molecule has 0 unspecified atom stereocenters. The lowest BCUT2D eigenvalue weighted by molar-refractivity contribution is -0.144. The quantitative estimate of drug-likeness (QED) is 0.501. The number of hydrogen-bond acceptors (Lipinski definition) is 6. The molecule has 0 atom stereocenters. The van der Waals surface area contributed by atoms with E-state index in [0.717, 1.165) is 11.8 Å². The number of esters is 1. The maximum absolute atomic E-state index is 11.5. The molecule has 0 saturated heterocycles. The zero-order valence-corrected chi connectivity index (χ0v) is 14.2. The van der Waals surface area contributed by atoms with E-state index in [2.05, 4.69) is 10.2 Å². The van der Waals surface area contributed by atoms with Crippen molar-refractivity contribution in [1.82, 2.24) is 14.9 Å². The number of benzene rings is 1. The van der Waals surface area contributed by atoms with E-state index in [4.69, 9.17) is 33.8 Å². The smallest absolute Gasteiger partial charge is 0.316 e. The first-order valence-corrected chi connectivity index (χ1v) is 8.11. The van der Waals surface area contributed by atoms with E-state index >= 15 is 0 Å². The average molecular weight is 361 g/mol. The van der Waals surface area contributed by atoms with Crippen molar-refractivity contribution < 1.29 is 9.53 Å². The van der Waals surface area contributed by atoms with Gasteiger partial charge >= 0.3 is 5.97 Å². The van der Waals surface area contributed by atoms with Gasteiger partial charge in [0.05, 0.1) is 16.9 Å². The van der Waals surface area contributed by atoms with Crippen LogP contribution in [-0.2, 0) is 9.53 Å². The fourth-order valence-electron chi connectivity index (χ4n) is 1.65. The Morgan fingerprint density at radius 3 is 2.82 bits per heavy atom. The molecule has 9 heteroatoms. The van der Waals surface area contributed by atoms with Crippen LogP contribution in [0.1, 0.15) is 13.8 Å². The lowest BCUT2D eigenvalue weighted by atomic mass is 10.2. The Kier molecular flexibility index (Phi) is 5.55.